The van der Waals surface area contributed by atoms with Gasteiger partial charge in [0.25, 0.3) is 0 Å². The highest BCUT2D eigenvalue weighted by molar-refractivity contribution is 7.99. The van der Waals surface area contributed by atoms with Gasteiger partial charge in [0.2, 0.25) is 6.79 Å². The van der Waals surface area contributed by atoms with Crippen LogP contribution in [0.5, 0.6) is 0 Å². The quantitative estimate of drug-likeness (QED) is 0.239. The van der Waals surface area contributed by atoms with E-state index in [1.54, 1.807) is 11.7 Å². The lowest BCUT2D eigenvalue weighted by Gasteiger charge is -2.21. The molecule has 2 rings (SSSR count). The number of aromatic nitrogens is 2. The molecule has 0 unspecified atom stereocenters. The molecule has 0 amide bonds. The fraction of sp³-hybridized carbons (Fsp3) is 0.458. The highest BCUT2D eigenvalue weighted by Crippen LogP contribution is 2.31. The molecule has 0 aliphatic rings. The first kappa shape index (κ1) is 25.7. The minimum absolute atomic E-state index is 0.00894. The summed E-state index contributed by atoms with van der Waals surface area (Å²) in [6, 6.07) is 9.83. The Morgan fingerprint density at radius 3 is 2.38 bits per heavy atom. The molecule has 0 bridgehead atoms. The minimum atomic E-state index is -0.375. The van der Waals surface area contributed by atoms with E-state index in [2.05, 4.69) is 25.9 Å². The monoisotopic (exact) mass is 459 g/mol. The summed E-state index contributed by atoms with van der Waals surface area (Å²) in [4.78, 5) is 11.8. The second-order valence-corrected chi connectivity index (χ2v) is 9.36. The third kappa shape index (κ3) is 6.71. The van der Waals surface area contributed by atoms with Crippen LogP contribution in [0.15, 0.2) is 30.3 Å². The van der Waals surface area contributed by atoms with Crippen LogP contribution in [0.25, 0.3) is 11.3 Å². The van der Waals surface area contributed by atoms with Gasteiger partial charge in [0.15, 0.2) is 5.76 Å². The molecule has 32 heavy (non-hydrogen) atoms. The molecule has 0 fully saturated rings. The van der Waals surface area contributed by atoms with Crippen molar-refractivity contribution in [2.45, 2.75) is 39.5 Å². The summed E-state index contributed by atoms with van der Waals surface area (Å²) in [6.45, 7) is 7.85. The lowest BCUT2D eigenvalue weighted by atomic mass is 9.85. The second-order valence-electron chi connectivity index (χ2n) is 8.49. The summed E-state index contributed by atoms with van der Waals surface area (Å²) in [5, 5.41) is 22.6. The van der Waals surface area contributed by atoms with Crippen LogP contribution >= 0.6 is 11.8 Å². The van der Waals surface area contributed by atoms with Crippen molar-refractivity contribution in [2.75, 3.05) is 25.4 Å². The summed E-state index contributed by atoms with van der Waals surface area (Å²) in [5.41, 5.74) is 4.13. The highest BCUT2D eigenvalue weighted by atomic mass is 32.2. The van der Waals surface area contributed by atoms with Gasteiger partial charge in [-0.05, 0) is 35.8 Å². The fourth-order valence-corrected chi connectivity index (χ4v) is 3.55. The first-order valence-corrected chi connectivity index (χ1v) is 11.8. The smallest absolute Gasteiger partial charge is 0.318 e. The molecule has 0 aliphatic carbocycles. The van der Waals surface area contributed by atoms with E-state index >= 15 is 0 Å². The minimum Gasteiger partial charge on any atom is -0.454 e. The van der Waals surface area contributed by atoms with Crippen molar-refractivity contribution in [3.63, 3.8) is 0 Å². The van der Waals surface area contributed by atoms with Crippen LogP contribution in [0, 0.1) is 12.3 Å². The van der Waals surface area contributed by atoms with Crippen molar-refractivity contribution in [3.05, 3.63) is 52.8 Å². The molecule has 0 saturated carbocycles. The fourth-order valence-electron chi connectivity index (χ4n) is 3.23. The summed E-state index contributed by atoms with van der Waals surface area (Å²) >= 11 is 1.37. The largest absolute Gasteiger partial charge is 0.454 e. The first-order valence-electron chi connectivity index (χ1n) is 10.4. The maximum atomic E-state index is 11.8. The van der Waals surface area contributed by atoms with E-state index in [9.17, 15) is 9.90 Å². The molecule has 1 aromatic carbocycles. The zero-order valence-electron chi connectivity index (χ0n) is 19.7. The summed E-state index contributed by atoms with van der Waals surface area (Å²) < 4.78 is 12.8. The Morgan fingerprint density at radius 1 is 1.22 bits per heavy atom. The van der Waals surface area contributed by atoms with Gasteiger partial charge in [0, 0.05) is 31.4 Å². The number of esters is 1. The molecule has 0 atom stereocenters. The third-order valence-corrected chi connectivity index (χ3v) is 5.37. The lowest BCUT2D eigenvalue weighted by molar-refractivity contribution is -0.148. The molecule has 0 aliphatic heterocycles. The number of nitrogens with zero attached hydrogens (tertiary/aromatic N) is 2. The number of allylic oxidation sites excluding steroid dienone is 1. The van der Waals surface area contributed by atoms with Gasteiger partial charge in [0.1, 0.15) is 5.69 Å². The predicted octanol–water partition coefficient (Wildman–Crippen LogP) is 4.18. The van der Waals surface area contributed by atoms with E-state index in [0.29, 0.717) is 17.0 Å². The van der Waals surface area contributed by atoms with Crippen molar-refractivity contribution in [1.82, 2.24) is 9.78 Å². The maximum absolute atomic E-state index is 11.8. The van der Waals surface area contributed by atoms with Gasteiger partial charge in [-0.1, -0.05) is 45.0 Å². The standard InChI is InChI=1S/C24H33N3O4S/c1-16-13-20(27(5)26-16)23(31-15-30-21(29)14-32-6)22(19(25)11-12-28)17-7-9-18(10-8-17)24(2,3)4/h7-10,13,25,28H,11-12,14-15H2,1-6H3/b23-22+,25-19?. The number of thioether (sulfide) groups is 1. The molecule has 8 heteroatoms. The van der Waals surface area contributed by atoms with Crippen LogP contribution in [-0.4, -0.2) is 52.0 Å². The van der Waals surface area contributed by atoms with Gasteiger partial charge in [-0.2, -0.15) is 16.9 Å². The number of ether oxygens (including phenoxy) is 2. The summed E-state index contributed by atoms with van der Waals surface area (Å²) in [6.07, 6.45) is 1.98. The number of carbonyl (C=O) groups excluding carboxylic acids is 1. The number of hydrogen-bond acceptors (Lipinski definition) is 7. The zero-order valence-corrected chi connectivity index (χ0v) is 20.5. The number of aliphatic hydroxyl groups is 1. The van der Waals surface area contributed by atoms with Gasteiger partial charge >= 0.3 is 5.97 Å². The number of carbonyl (C=O) groups is 1. The molecule has 174 valence electrons. The van der Waals surface area contributed by atoms with Crippen molar-refractivity contribution in [3.8, 4) is 0 Å². The van der Waals surface area contributed by atoms with E-state index in [1.807, 2.05) is 43.5 Å². The highest BCUT2D eigenvalue weighted by Gasteiger charge is 2.22. The number of benzene rings is 1. The average molecular weight is 460 g/mol. The molecule has 0 radical (unpaired) electrons. The number of rotatable bonds is 10. The van der Waals surface area contributed by atoms with Crippen LogP contribution in [-0.2, 0) is 26.7 Å². The Hall–Kier alpha value is -2.58. The predicted molar refractivity (Wildman–Crippen MR) is 130 cm³/mol. The molecule has 2 N–H and O–H groups in total. The van der Waals surface area contributed by atoms with Gasteiger partial charge in [-0.25, -0.2) is 0 Å². The van der Waals surface area contributed by atoms with E-state index in [1.165, 1.54) is 17.3 Å². The zero-order chi connectivity index (χ0) is 23.9. The van der Waals surface area contributed by atoms with Crippen LogP contribution in [0.4, 0.5) is 0 Å². The molecule has 2 aromatic rings. The van der Waals surface area contributed by atoms with Crippen molar-refractivity contribution in [2.24, 2.45) is 7.05 Å². The van der Waals surface area contributed by atoms with E-state index < -0.39 is 0 Å². The van der Waals surface area contributed by atoms with E-state index in [0.717, 1.165) is 11.3 Å². The molecule has 0 saturated heterocycles. The second kappa shape index (κ2) is 11.3. The number of aliphatic hydroxyl groups excluding tert-OH is 1. The van der Waals surface area contributed by atoms with Crippen LogP contribution in [0.3, 0.4) is 0 Å². The Bertz CT molecular complexity index is 972. The number of aryl methyl sites for hydroxylation is 2. The molecule has 0 spiro atoms. The van der Waals surface area contributed by atoms with E-state index in [4.69, 9.17) is 14.9 Å². The Balaban J connectivity index is 2.59. The topological polar surface area (TPSA) is 97.4 Å². The molecular weight excluding hydrogens is 426 g/mol. The normalized spacial score (nSPS) is 12.3. The van der Waals surface area contributed by atoms with Crippen LogP contribution in [0.1, 0.15) is 49.7 Å². The van der Waals surface area contributed by atoms with Crippen LogP contribution in [0.2, 0.25) is 0 Å². The third-order valence-electron chi connectivity index (χ3n) is 4.85. The molecule has 7 nitrogen and oxygen atoms in total. The van der Waals surface area contributed by atoms with Crippen molar-refractivity contribution < 1.29 is 19.4 Å². The number of hydrogen-bond donors (Lipinski definition) is 2. The van der Waals surface area contributed by atoms with Gasteiger partial charge < -0.3 is 20.0 Å². The Labute approximate surface area is 194 Å². The molecular formula is C24H33N3O4S. The summed E-state index contributed by atoms with van der Waals surface area (Å²) in [7, 11) is 1.79. The number of nitrogens with one attached hydrogen (secondary N) is 1. The average Bonchev–Trinajstić information content (AvgIpc) is 3.05. The maximum Gasteiger partial charge on any atom is 0.318 e. The van der Waals surface area contributed by atoms with Crippen molar-refractivity contribution >= 4 is 34.8 Å². The lowest BCUT2D eigenvalue weighted by Crippen LogP contribution is -2.15. The van der Waals surface area contributed by atoms with Crippen molar-refractivity contribution in [1.29, 1.82) is 5.41 Å². The van der Waals surface area contributed by atoms with E-state index in [-0.39, 0.29) is 42.7 Å². The molecule has 1 heterocycles. The van der Waals surface area contributed by atoms with Gasteiger partial charge in [-0.3, -0.25) is 9.48 Å². The SMILES string of the molecule is CSCC(=O)OCO/C(=C(/C(=N)CCO)c1ccc(C(C)(C)C)cc1)c1cc(C)nn1C. The Kier molecular flexibility index (Phi) is 9.09. The van der Waals surface area contributed by atoms with Crippen LogP contribution < -0.4 is 0 Å². The van der Waals surface area contributed by atoms with Gasteiger partial charge in [-0.15, -0.1) is 0 Å². The van der Waals surface area contributed by atoms with Gasteiger partial charge in [0.05, 0.1) is 11.4 Å². The Morgan fingerprint density at radius 2 is 1.88 bits per heavy atom. The molecule has 1 aromatic heterocycles. The first-order chi connectivity index (χ1) is 15.1. The summed E-state index contributed by atoms with van der Waals surface area (Å²) in [5.74, 6) is 0.237.